The number of nitrogens with one attached hydrogen (secondary N) is 1. The van der Waals surface area contributed by atoms with Crippen LogP contribution in [0.15, 0.2) is 24.3 Å². The molecule has 88 valence electrons. The highest BCUT2D eigenvalue weighted by atomic mass is 16.5. The summed E-state index contributed by atoms with van der Waals surface area (Å²) < 4.78 is 5.10. The van der Waals surface area contributed by atoms with Gasteiger partial charge in [0.25, 0.3) is 0 Å². The van der Waals surface area contributed by atoms with E-state index < -0.39 is 5.97 Å². The summed E-state index contributed by atoms with van der Waals surface area (Å²) in [7, 11) is 1.56. The molecule has 0 aliphatic rings. The second-order valence-electron chi connectivity index (χ2n) is 3.58. The van der Waals surface area contributed by atoms with Crippen LogP contribution in [0.3, 0.4) is 0 Å². The summed E-state index contributed by atoms with van der Waals surface area (Å²) in [5, 5.41) is 9.06. The van der Waals surface area contributed by atoms with Gasteiger partial charge in [-0.15, -0.1) is 0 Å². The first-order valence-electron chi connectivity index (χ1n) is 5.06. The Bertz CT molecular complexity index is 561. The third-order valence-corrected chi connectivity index (χ3v) is 2.38. The zero-order chi connectivity index (χ0) is 12.4. The number of carboxylic acid groups (broad SMARTS) is 1. The zero-order valence-corrected chi connectivity index (χ0v) is 9.52. The molecule has 0 saturated heterocycles. The number of carboxylic acids is 1. The van der Waals surface area contributed by atoms with Crippen LogP contribution < -0.4 is 4.74 Å². The topological polar surface area (TPSA) is 75.2 Å². The van der Waals surface area contributed by atoms with Gasteiger partial charge in [0.2, 0.25) is 0 Å². The number of hydrogen-bond acceptors (Lipinski definition) is 3. The lowest BCUT2D eigenvalue weighted by atomic mass is 10.1. The van der Waals surface area contributed by atoms with Crippen molar-refractivity contribution in [3.63, 3.8) is 0 Å². The number of carbonyl (C=O) groups is 1. The van der Waals surface area contributed by atoms with E-state index in [1.165, 1.54) is 0 Å². The van der Waals surface area contributed by atoms with E-state index in [1.54, 1.807) is 38.3 Å². The molecule has 5 nitrogen and oxygen atoms in total. The van der Waals surface area contributed by atoms with Crippen molar-refractivity contribution in [2.75, 3.05) is 7.11 Å². The highest BCUT2D eigenvalue weighted by Crippen LogP contribution is 2.25. The van der Waals surface area contributed by atoms with Crippen molar-refractivity contribution in [2.24, 2.45) is 0 Å². The van der Waals surface area contributed by atoms with Crippen LogP contribution in [0.4, 0.5) is 0 Å². The van der Waals surface area contributed by atoms with Gasteiger partial charge < -0.3 is 14.8 Å². The molecule has 2 aromatic rings. The fourth-order valence-electron chi connectivity index (χ4n) is 1.63. The predicted molar refractivity (Wildman–Crippen MR) is 62.3 cm³/mol. The number of nitrogens with zero attached hydrogens (tertiary/aromatic N) is 1. The van der Waals surface area contributed by atoms with Gasteiger partial charge in [-0.25, -0.2) is 9.78 Å². The van der Waals surface area contributed by atoms with Gasteiger partial charge >= 0.3 is 5.97 Å². The van der Waals surface area contributed by atoms with E-state index in [-0.39, 0.29) is 5.69 Å². The zero-order valence-electron chi connectivity index (χ0n) is 9.52. The Morgan fingerprint density at radius 3 is 2.88 bits per heavy atom. The van der Waals surface area contributed by atoms with Crippen LogP contribution in [0.5, 0.6) is 5.75 Å². The van der Waals surface area contributed by atoms with Crippen LogP contribution in [-0.2, 0) is 0 Å². The quantitative estimate of drug-likeness (QED) is 0.849. The Hall–Kier alpha value is -2.30. The standard InChI is InChI=1S/C12H12N2O3/c1-7-13-10(11(14-7)12(15)16)8-4-3-5-9(6-8)17-2/h3-6H,1-2H3,(H,13,14)(H,15,16). The fraction of sp³-hybridized carbons (Fsp3) is 0.167. The molecule has 1 heterocycles. The molecular formula is C12H12N2O3. The molecule has 0 saturated carbocycles. The van der Waals surface area contributed by atoms with Crippen LogP contribution in [0.2, 0.25) is 0 Å². The van der Waals surface area contributed by atoms with Gasteiger partial charge in [0.1, 0.15) is 17.3 Å². The average molecular weight is 232 g/mol. The average Bonchev–Trinajstić information content (AvgIpc) is 2.72. The Labute approximate surface area is 98.1 Å². The highest BCUT2D eigenvalue weighted by Gasteiger charge is 2.16. The minimum absolute atomic E-state index is 0.0933. The Kier molecular flexibility index (Phi) is 2.82. The van der Waals surface area contributed by atoms with Gasteiger partial charge in [0, 0.05) is 5.56 Å². The van der Waals surface area contributed by atoms with E-state index >= 15 is 0 Å². The lowest BCUT2D eigenvalue weighted by Crippen LogP contribution is -1.99. The van der Waals surface area contributed by atoms with Gasteiger partial charge in [-0.05, 0) is 19.1 Å². The van der Waals surface area contributed by atoms with Crippen LogP contribution in [-0.4, -0.2) is 28.2 Å². The van der Waals surface area contributed by atoms with Crippen molar-refractivity contribution in [2.45, 2.75) is 6.92 Å². The monoisotopic (exact) mass is 232 g/mol. The summed E-state index contributed by atoms with van der Waals surface area (Å²) in [6.07, 6.45) is 0. The molecule has 0 aliphatic carbocycles. The smallest absolute Gasteiger partial charge is 0.354 e. The number of aromatic amines is 1. The number of hydrogen-bond donors (Lipinski definition) is 2. The molecular weight excluding hydrogens is 220 g/mol. The SMILES string of the molecule is COc1cccc(-c2nc(C)[nH]c2C(=O)O)c1. The molecule has 2 N–H and O–H groups in total. The number of imidazole rings is 1. The van der Waals surface area contributed by atoms with E-state index in [2.05, 4.69) is 9.97 Å². The summed E-state index contributed by atoms with van der Waals surface area (Å²) in [5.74, 6) is 0.211. The molecule has 5 heteroatoms. The largest absolute Gasteiger partial charge is 0.497 e. The number of benzene rings is 1. The molecule has 17 heavy (non-hydrogen) atoms. The third kappa shape index (κ3) is 2.13. The second-order valence-corrected chi connectivity index (χ2v) is 3.58. The van der Waals surface area contributed by atoms with Gasteiger partial charge in [0.05, 0.1) is 7.11 Å². The van der Waals surface area contributed by atoms with E-state index in [9.17, 15) is 4.79 Å². The summed E-state index contributed by atoms with van der Waals surface area (Å²) in [5.41, 5.74) is 1.23. The van der Waals surface area contributed by atoms with Crippen LogP contribution >= 0.6 is 0 Å². The number of ether oxygens (including phenoxy) is 1. The van der Waals surface area contributed by atoms with Gasteiger partial charge in [-0.2, -0.15) is 0 Å². The second kappa shape index (κ2) is 4.29. The molecule has 0 fully saturated rings. The fourth-order valence-corrected chi connectivity index (χ4v) is 1.63. The maximum atomic E-state index is 11.1. The maximum Gasteiger partial charge on any atom is 0.354 e. The number of H-pyrrole nitrogens is 1. The molecule has 0 bridgehead atoms. The number of aromatic carboxylic acids is 1. The number of aryl methyl sites for hydroxylation is 1. The Balaban J connectivity index is 2.55. The van der Waals surface area contributed by atoms with Crippen molar-refractivity contribution in [1.82, 2.24) is 9.97 Å². The van der Waals surface area contributed by atoms with Crippen molar-refractivity contribution >= 4 is 5.97 Å². The lowest BCUT2D eigenvalue weighted by Gasteiger charge is -2.02. The van der Waals surface area contributed by atoms with Crippen LogP contribution in [0.25, 0.3) is 11.3 Å². The normalized spacial score (nSPS) is 10.2. The molecule has 0 unspecified atom stereocenters. The van der Waals surface area contributed by atoms with Crippen molar-refractivity contribution < 1.29 is 14.6 Å². The summed E-state index contributed by atoms with van der Waals surface area (Å²) >= 11 is 0. The predicted octanol–water partition coefficient (Wildman–Crippen LogP) is 2.09. The molecule has 1 aromatic carbocycles. The van der Waals surface area contributed by atoms with Crippen molar-refractivity contribution in [3.8, 4) is 17.0 Å². The van der Waals surface area contributed by atoms with Crippen LogP contribution in [0, 0.1) is 6.92 Å². The number of aromatic nitrogens is 2. The first kappa shape index (κ1) is 11.2. The van der Waals surface area contributed by atoms with Gasteiger partial charge in [-0.3, -0.25) is 0 Å². The third-order valence-electron chi connectivity index (χ3n) is 2.38. The molecule has 0 amide bonds. The van der Waals surface area contributed by atoms with E-state index in [0.29, 0.717) is 22.8 Å². The lowest BCUT2D eigenvalue weighted by molar-refractivity contribution is 0.0692. The molecule has 2 rings (SSSR count). The number of rotatable bonds is 3. The molecule has 0 aliphatic heterocycles. The molecule has 0 atom stereocenters. The van der Waals surface area contributed by atoms with Crippen molar-refractivity contribution in [1.29, 1.82) is 0 Å². The van der Waals surface area contributed by atoms with Gasteiger partial charge in [-0.1, -0.05) is 12.1 Å². The van der Waals surface area contributed by atoms with E-state index in [4.69, 9.17) is 9.84 Å². The maximum absolute atomic E-state index is 11.1. The van der Waals surface area contributed by atoms with Crippen LogP contribution in [0.1, 0.15) is 16.3 Å². The summed E-state index contributed by atoms with van der Waals surface area (Å²) in [4.78, 5) is 18.0. The summed E-state index contributed by atoms with van der Waals surface area (Å²) in [6.45, 7) is 1.72. The Morgan fingerprint density at radius 2 is 2.24 bits per heavy atom. The van der Waals surface area contributed by atoms with Gasteiger partial charge in [0.15, 0.2) is 5.69 Å². The summed E-state index contributed by atoms with van der Waals surface area (Å²) in [6, 6.07) is 7.14. The van der Waals surface area contributed by atoms with E-state index in [1.807, 2.05) is 0 Å². The Morgan fingerprint density at radius 1 is 1.47 bits per heavy atom. The minimum atomic E-state index is -1.02. The molecule has 0 spiro atoms. The van der Waals surface area contributed by atoms with E-state index in [0.717, 1.165) is 0 Å². The number of methoxy groups -OCH3 is 1. The minimum Gasteiger partial charge on any atom is -0.497 e. The first-order valence-corrected chi connectivity index (χ1v) is 5.06. The van der Waals surface area contributed by atoms with Crippen molar-refractivity contribution in [3.05, 3.63) is 35.8 Å². The first-order chi connectivity index (χ1) is 8.11. The molecule has 0 radical (unpaired) electrons. The highest BCUT2D eigenvalue weighted by molar-refractivity contribution is 5.93. The molecule has 1 aromatic heterocycles.